The summed E-state index contributed by atoms with van der Waals surface area (Å²) in [5.41, 5.74) is 1.99. The number of hydrogen-bond donors (Lipinski definition) is 1. The minimum absolute atomic E-state index is 0.157. The lowest BCUT2D eigenvalue weighted by atomic mass is 10.2. The van der Waals surface area contributed by atoms with Gasteiger partial charge in [-0.1, -0.05) is 29.5 Å². The van der Waals surface area contributed by atoms with Crippen LogP contribution in [0.15, 0.2) is 47.9 Å². The van der Waals surface area contributed by atoms with E-state index in [1.54, 1.807) is 23.1 Å². The summed E-state index contributed by atoms with van der Waals surface area (Å²) in [4.78, 5) is 19.8. The van der Waals surface area contributed by atoms with Crippen LogP contribution in [-0.4, -0.2) is 41.8 Å². The van der Waals surface area contributed by atoms with Crippen LogP contribution in [-0.2, 0) is 4.79 Å². The zero-order valence-electron chi connectivity index (χ0n) is 12.2. The van der Waals surface area contributed by atoms with Crippen molar-refractivity contribution in [2.45, 2.75) is 12.1 Å². The number of anilines is 1. The molecule has 9 heteroatoms. The van der Waals surface area contributed by atoms with Crippen LogP contribution < -0.4 is 5.32 Å². The maximum atomic E-state index is 11.9. The SMILES string of the molecule is Cc1ccc(-n2nnnc2SCC(=O)Nc2ncccn2)cc1. The Hall–Kier alpha value is -2.81. The number of thioether (sulfide) groups is 1. The first-order valence-corrected chi connectivity index (χ1v) is 7.76. The minimum Gasteiger partial charge on any atom is -0.294 e. The first-order chi connectivity index (χ1) is 11.2. The average molecular weight is 327 g/mol. The van der Waals surface area contributed by atoms with Crippen molar-refractivity contribution in [3.05, 3.63) is 48.3 Å². The number of aryl methyl sites for hydroxylation is 1. The van der Waals surface area contributed by atoms with Crippen LogP contribution in [0.2, 0.25) is 0 Å². The maximum absolute atomic E-state index is 11.9. The van der Waals surface area contributed by atoms with Gasteiger partial charge in [0.25, 0.3) is 0 Å². The van der Waals surface area contributed by atoms with Crippen molar-refractivity contribution in [1.29, 1.82) is 0 Å². The molecular weight excluding hydrogens is 314 g/mol. The summed E-state index contributed by atoms with van der Waals surface area (Å²) in [5.74, 6) is 0.209. The molecule has 1 N–H and O–H groups in total. The molecule has 0 spiro atoms. The lowest BCUT2D eigenvalue weighted by Crippen LogP contribution is -2.16. The Morgan fingerprint density at radius 2 is 1.96 bits per heavy atom. The molecule has 1 amide bonds. The fourth-order valence-corrected chi connectivity index (χ4v) is 2.46. The Morgan fingerprint density at radius 1 is 1.22 bits per heavy atom. The molecule has 0 saturated carbocycles. The molecule has 0 aliphatic rings. The highest BCUT2D eigenvalue weighted by molar-refractivity contribution is 7.99. The molecule has 3 aromatic rings. The molecule has 23 heavy (non-hydrogen) atoms. The third-order valence-electron chi connectivity index (χ3n) is 2.87. The summed E-state index contributed by atoms with van der Waals surface area (Å²) >= 11 is 1.24. The second-order valence-corrected chi connectivity index (χ2v) is 5.56. The molecule has 0 bridgehead atoms. The number of amides is 1. The van der Waals surface area contributed by atoms with Crippen LogP contribution in [0.1, 0.15) is 5.56 Å². The van der Waals surface area contributed by atoms with Crippen LogP contribution >= 0.6 is 11.8 Å². The fourth-order valence-electron chi connectivity index (χ4n) is 1.77. The van der Waals surface area contributed by atoms with Crippen LogP contribution in [0.25, 0.3) is 5.69 Å². The number of aromatic nitrogens is 6. The van der Waals surface area contributed by atoms with Crippen molar-refractivity contribution in [2.24, 2.45) is 0 Å². The lowest BCUT2D eigenvalue weighted by Gasteiger charge is -2.05. The molecule has 0 radical (unpaired) electrons. The van der Waals surface area contributed by atoms with Crippen molar-refractivity contribution in [2.75, 3.05) is 11.1 Å². The molecule has 2 heterocycles. The van der Waals surface area contributed by atoms with E-state index >= 15 is 0 Å². The average Bonchev–Trinajstić information content (AvgIpc) is 3.03. The highest BCUT2D eigenvalue weighted by Crippen LogP contribution is 2.18. The molecule has 0 aliphatic carbocycles. The highest BCUT2D eigenvalue weighted by Gasteiger charge is 2.12. The van der Waals surface area contributed by atoms with E-state index in [4.69, 9.17) is 0 Å². The van der Waals surface area contributed by atoms with E-state index in [9.17, 15) is 4.79 Å². The molecule has 0 saturated heterocycles. The van der Waals surface area contributed by atoms with Gasteiger partial charge >= 0.3 is 0 Å². The van der Waals surface area contributed by atoms with Crippen molar-refractivity contribution >= 4 is 23.6 Å². The van der Waals surface area contributed by atoms with Gasteiger partial charge in [-0.25, -0.2) is 9.97 Å². The quantitative estimate of drug-likeness (QED) is 0.709. The minimum atomic E-state index is -0.223. The van der Waals surface area contributed by atoms with E-state index in [1.165, 1.54) is 11.8 Å². The number of benzene rings is 1. The summed E-state index contributed by atoms with van der Waals surface area (Å²) in [6.07, 6.45) is 3.13. The van der Waals surface area contributed by atoms with Crippen LogP contribution in [0.5, 0.6) is 0 Å². The molecule has 0 atom stereocenters. The smallest absolute Gasteiger partial charge is 0.237 e. The van der Waals surface area contributed by atoms with Crippen LogP contribution in [0.3, 0.4) is 0 Å². The summed E-state index contributed by atoms with van der Waals surface area (Å²) < 4.78 is 1.59. The van der Waals surface area contributed by atoms with Crippen molar-refractivity contribution in [3.8, 4) is 5.69 Å². The van der Waals surface area contributed by atoms with Gasteiger partial charge in [-0.15, -0.1) is 5.10 Å². The van der Waals surface area contributed by atoms with E-state index < -0.39 is 0 Å². The molecule has 0 aliphatic heterocycles. The number of hydrogen-bond acceptors (Lipinski definition) is 7. The second-order valence-electron chi connectivity index (χ2n) is 4.62. The first-order valence-electron chi connectivity index (χ1n) is 6.77. The Labute approximate surface area is 136 Å². The van der Waals surface area contributed by atoms with Gasteiger partial charge in [0.1, 0.15) is 0 Å². The van der Waals surface area contributed by atoms with E-state index in [2.05, 4.69) is 30.8 Å². The van der Waals surface area contributed by atoms with Gasteiger partial charge in [0, 0.05) is 12.4 Å². The number of carbonyl (C=O) groups is 1. The standard InChI is InChI=1S/C14H13N7OS/c1-10-3-5-11(6-4-10)21-14(18-19-20-21)23-9-12(22)17-13-15-7-2-8-16-13/h2-8H,9H2,1H3,(H,15,16,17,22). The summed E-state index contributed by atoms with van der Waals surface area (Å²) in [7, 11) is 0. The number of tetrazole rings is 1. The maximum Gasteiger partial charge on any atom is 0.237 e. The number of carbonyl (C=O) groups excluding carboxylic acids is 1. The van der Waals surface area contributed by atoms with Gasteiger partial charge < -0.3 is 0 Å². The van der Waals surface area contributed by atoms with Crippen molar-refractivity contribution in [1.82, 2.24) is 30.2 Å². The predicted octanol–water partition coefficient (Wildman–Crippen LogP) is 1.49. The summed E-state index contributed by atoms with van der Waals surface area (Å²) in [5, 5.41) is 14.7. The molecular formula is C14H13N7OS. The first kappa shape index (κ1) is 15.1. The Bertz CT molecular complexity index is 788. The molecule has 8 nitrogen and oxygen atoms in total. The number of nitrogens with zero attached hydrogens (tertiary/aromatic N) is 6. The van der Waals surface area contributed by atoms with Gasteiger partial charge in [-0.05, 0) is 35.5 Å². The third-order valence-corrected chi connectivity index (χ3v) is 3.79. The van der Waals surface area contributed by atoms with E-state index in [1.807, 2.05) is 31.2 Å². The van der Waals surface area contributed by atoms with Gasteiger partial charge in [0.2, 0.25) is 17.0 Å². The Kier molecular flexibility index (Phi) is 4.57. The number of rotatable bonds is 5. The van der Waals surface area contributed by atoms with Crippen LogP contribution in [0, 0.1) is 6.92 Å². The van der Waals surface area contributed by atoms with Gasteiger partial charge in [-0.3, -0.25) is 10.1 Å². The fraction of sp³-hybridized carbons (Fsp3) is 0.143. The molecule has 0 unspecified atom stereocenters. The molecule has 1 aromatic carbocycles. The van der Waals surface area contributed by atoms with E-state index in [0.717, 1.165) is 11.3 Å². The molecule has 2 aromatic heterocycles. The van der Waals surface area contributed by atoms with Crippen molar-refractivity contribution < 1.29 is 4.79 Å². The monoisotopic (exact) mass is 327 g/mol. The molecule has 3 rings (SSSR count). The van der Waals surface area contributed by atoms with E-state index in [-0.39, 0.29) is 17.6 Å². The van der Waals surface area contributed by atoms with Gasteiger partial charge in [0.15, 0.2) is 0 Å². The number of nitrogens with one attached hydrogen (secondary N) is 1. The Balaban J connectivity index is 1.64. The zero-order chi connectivity index (χ0) is 16.1. The topological polar surface area (TPSA) is 98.5 Å². The molecule has 0 fully saturated rings. The molecule has 116 valence electrons. The Morgan fingerprint density at radius 3 is 2.70 bits per heavy atom. The third kappa shape index (κ3) is 3.89. The normalized spacial score (nSPS) is 10.5. The predicted molar refractivity (Wildman–Crippen MR) is 85.3 cm³/mol. The van der Waals surface area contributed by atoms with E-state index in [0.29, 0.717) is 5.16 Å². The zero-order valence-corrected chi connectivity index (χ0v) is 13.1. The lowest BCUT2D eigenvalue weighted by molar-refractivity contribution is -0.113. The second kappa shape index (κ2) is 6.97. The van der Waals surface area contributed by atoms with Gasteiger partial charge in [0.05, 0.1) is 11.4 Å². The summed E-state index contributed by atoms with van der Waals surface area (Å²) in [6.45, 7) is 2.01. The van der Waals surface area contributed by atoms with Crippen LogP contribution in [0.4, 0.5) is 5.95 Å². The highest BCUT2D eigenvalue weighted by atomic mass is 32.2. The van der Waals surface area contributed by atoms with Crippen molar-refractivity contribution in [3.63, 3.8) is 0 Å². The largest absolute Gasteiger partial charge is 0.294 e. The summed E-state index contributed by atoms with van der Waals surface area (Å²) in [6, 6.07) is 9.48. The van der Waals surface area contributed by atoms with Gasteiger partial charge in [-0.2, -0.15) is 4.68 Å².